The van der Waals surface area contributed by atoms with Crippen molar-refractivity contribution in [2.75, 3.05) is 20.8 Å². The van der Waals surface area contributed by atoms with Crippen molar-refractivity contribution in [2.45, 2.75) is 32.9 Å². The van der Waals surface area contributed by atoms with Gasteiger partial charge in [-0.1, -0.05) is 13.8 Å². The molecule has 0 aliphatic rings. The number of nitrogens with one attached hydrogen (secondary N) is 3. The standard InChI is InChI=1S/C7H15N3O2.C5H11NO3.H3N/c1-4(2)5(6(8)11)10-7(12)9-3;1-4(3-7)6-5(8)9-2;/h4-5H,1-3H3,(H2,8,11)(H2,9,10,12);4,7H,3H2,1-2H3,(H,6,8);1H3/t5-;4-;/m00./s1. The van der Waals surface area contributed by atoms with Gasteiger partial charge in [0.25, 0.3) is 0 Å². The number of ether oxygens (including phenoxy) is 1. The Morgan fingerprint density at radius 1 is 1.18 bits per heavy atom. The summed E-state index contributed by atoms with van der Waals surface area (Å²) >= 11 is 0. The van der Waals surface area contributed by atoms with Crippen LogP contribution in [0.3, 0.4) is 0 Å². The molecule has 0 saturated heterocycles. The van der Waals surface area contributed by atoms with Gasteiger partial charge in [0.05, 0.1) is 19.8 Å². The number of aliphatic hydroxyl groups is 1. The Bertz CT molecular complexity index is 338. The first-order chi connectivity index (χ1) is 9.69. The first kappa shape index (κ1) is 24.9. The lowest BCUT2D eigenvalue weighted by Gasteiger charge is -2.18. The third-order valence-electron chi connectivity index (χ3n) is 2.31. The fraction of sp³-hybridized carbons (Fsp3) is 0.750. The molecule has 0 saturated carbocycles. The van der Waals surface area contributed by atoms with E-state index >= 15 is 0 Å². The second kappa shape index (κ2) is 13.9. The van der Waals surface area contributed by atoms with Crippen LogP contribution in [0.2, 0.25) is 0 Å². The monoisotopic (exact) mass is 323 g/mol. The van der Waals surface area contributed by atoms with Gasteiger partial charge in [-0.25, -0.2) is 9.59 Å². The van der Waals surface area contributed by atoms with Crippen LogP contribution < -0.4 is 27.8 Å². The zero-order valence-electron chi connectivity index (χ0n) is 13.8. The molecule has 10 heteroatoms. The molecule has 0 aliphatic heterocycles. The molecule has 0 aromatic rings. The number of carbonyl (C=O) groups excluding carboxylic acids is 3. The fourth-order valence-corrected chi connectivity index (χ4v) is 1.09. The van der Waals surface area contributed by atoms with Crippen molar-refractivity contribution in [3.63, 3.8) is 0 Å². The minimum atomic E-state index is -0.607. The van der Waals surface area contributed by atoms with Crippen molar-refractivity contribution < 1.29 is 24.2 Å². The highest BCUT2D eigenvalue weighted by atomic mass is 16.5. The highest BCUT2D eigenvalue weighted by molar-refractivity contribution is 5.85. The summed E-state index contributed by atoms with van der Waals surface area (Å²) in [4.78, 5) is 31.9. The molecule has 4 amide bonds. The molecule has 0 fully saturated rings. The third-order valence-corrected chi connectivity index (χ3v) is 2.31. The van der Waals surface area contributed by atoms with Gasteiger partial charge in [-0.2, -0.15) is 0 Å². The van der Waals surface area contributed by atoms with E-state index in [1.807, 2.05) is 13.8 Å². The van der Waals surface area contributed by atoms with E-state index in [0.717, 1.165) is 0 Å². The number of hydrogen-bond donors (Lipinski definition) is 6. The average molecular weight is 323 g/mol. The van der Waals surface area contributed by atoms with Crippen LogP contribution in [0.15, 0.2) is 0 Å². The van der Waals surface area contributed by atoms with Crippen LogP contribution in [0.5, 0.6) is 0 Å². The SMILES string of the molecule is CNC(=O)N[C@H](C(N)=O)C(C)C.COC(=O)N[C@@H](C)CO.N. The molecule has 0 aliphatic carbocycles. The fourth-order valence-electron chi connectivity index (χ4n) is 1.09. The third kappa shape index (κ3) is 12.9. The molecule has 0 heterocycles. The number of rotatable bonds is 5. The van der Waals surface area contributed by atoms with Gasteiger partial charge < -0.3 is 37.7 Å². The van der Waals surface area contributed by atoms with Crippen molar-refractivity contribution in [3.05, 3.63) is 0 Å². The summed E-state index contributed by atoms with van der Waals surface area (Å²) in [7, 11) is 2.76. The van der Waals surface area contributed by atoms with Gasteiger partial charge >= 0.3 is 12.1 Å². The summed E-state index contributed by atoms with van der Waals surface area (Å²) in [6.45, 7) is 5.22. The van der Waals surface area contributed by atoms with Crippen molar-refractivity contribution in [1.29, 1.82) is 0 Å². The highest BCUT2D eigenvalue weighted by Gasteiger charge is 2.20. The van der Waals surface area contributed by atoms with Gasteiger partial charge in [0.2, 0.25) is 5.91 Å². The van der Waals surface area contributed by atoms with Gasteiger partial charge in [0.15, 0.2) is 0 Å². The Morgan fingerprint density at radius 3 is 1.95 bits per heavy atom. The molecule has 0 unspecified atom stereocenters. The van der Waals surface area contributed by atoms with Crippen LogP contribution in [0.1, 0.15) is 20.8 Å². The minimum absolute atomic E-state index is 0. The molecule has 0 bridgehead atoms. The van der Waals surface area contributed by atoms with Gasteiger partial charge in [-0.05, 0) is 12.8 Å². The topological polar surface area (TPSA) is 178 Å². The molecular formula is C12H29N5O5. The number of hydrogen-bond acceptors (Lipinski definition) is 6. The Morgan fingerprint density at radius 2 is 1.68 bits per heavy atom. The molecule has 0 aromatic heterocycles. The molecular weight excluding hydrogens is 294 g/mol. The number of alkyl carbamates (subject to hydrolysis) is 1. The summed E-state index contributed by atoms with van der Waals surface area (Å²) in [6, 6.07) is -1.24. The van der Waals surface area contributed by atoms with E-state index in [4.69, 9.17) is 10.8 Å². The zero-order chi connectivity index (χ0) is 17.0. The molecule has 22 heavy (non-hydrogen) atoms. The predicted molar refractivity (Wildman–Crippen MR) is 82.5 cm³/mol. The number of urea groups is 1. The van der Waals surface area contributed by atoms with Gasteiger partial charge in [0, 0.05) is 7.05 Å². The Labute approximate surface area is 130 Å². The molecule has 132 valence electrons. The van der Waals surface area contributed by atoms with Crippen molar-refractivity contribution >= 4 is 18.0 Å². The van der Waals surface area contributed by atoms with Crippen LogP contribution in [0.4, 0.5) is 9.59 Å². The summed E-state index contributed by atoms with van der Waals surface area (Å²) in [5, 5.41) is 15.6. The van der Waals surface area contributed by atoms with Crippen molar-refractivity contribution in [2.24, 2.45) is 11.7 Å². The minimum Gasteiger partial charge on any atom is -0.453 e. The van der Waals surface area contributed by atoms with E-state index in [1.54, 1.807) is 6.92 Å². The number of aliphatic hydroxyl groups excluding tert-OH is 1. The maximum Gasteiger partial charge on any atom is 0.407 e. The quantitative estimate of drug-likeness (QED) is 0.390. The maximum absolute atomic E-state index is 10.8. The second-order valence-corrected chi connectivity index (χ2v) is 4.57. The van der Waals surface area contributed by atoms with Crippen molar-refractivity contribution in [1.82, 2.24) is 22.1 Å². The molecule has 0 spiro atoms. The van der Waals surface area contributed by atoms with Crippen LogP contribution >= 0.6 is 0 Å². The first-order valence-electron chi connectivity index (χ1n) is 6.42. The van der Waals surface area contributed by atoms with Crippen LogP contribution in [-0.2, 0) is 9.53 Å². The van der Waals surface area contributed by atoms with Gasteiger partial charge in [-0.3, -0.25) is 4.79 Å². The van der Waals surface area contributed by atoms with Crippen molar-refractivity contribution in [3.8, 4) is 0 Å². The van der Waals surface area contributed by atoms with E-state index < -0.39 is 24.1 Å². The van der Waals surface area contributed by atoms with Crippen LogP contribution in [0.25, 0.3) is 0 Å². The van der Waals surface area contributed by atoms with E-state index in [-0.39, 0.29) is 24.7 Å². The molecule has 10 nitrogen and oxygen atoms in total. The van der Waals surface area contributed by atoms with Gasteiger partial charge in [-0.15, -0.1) is 0 Å². The van der Waals surface area contributed by atoms with E-state index in [0.29, 0.717) is 0 Å². The summed E-state index contributed by atoms with van der Waals surface area (Å²) in [5.74, 6) is -0.520. The molecule has 0 rings (SSSR count). The largest absolute Gasteiger partial charge is 0.453 e. The smallest absolute Gasteiger partial charge is 0.407 e. The predicted octanol–water partition coefficient (Wildman–Crippen LogP) is -0.689. The lowest BCUT2D eigenvalue weighted by Crippen LogP contribution is -2.50. The number of methoxy groups -OCH3 is 1. The highest BCUT2D eigenvalue weighted by Crippen LogP contribution is 1.99. The van der Waals surface area contributed by atoms with E-state index in [9.17, 15) is 14.4 Å². The number of nitrogens with two attached hydrogens (primary N) is 1. The lowest BCUT2D eigenvalue weighted by atomic mass is 10.0. The maximum atomic E-state index is 10.8. The number of primary amides is 1. The number of amides is 4. The first-order valence-corrected chi connectivity index (χ1v) is 6.42. The van der Waals surface area contributed by atoms with Crippen LogP contribution in [-0.4, -0.2) is 56.0 Å². The summed E-state index contributed by atoms with van der Waals surface area (Å²) in [6.07, 6.45) is -0.517. The molecule has 0 radical (unpaired) electrons. The van der Waals surface area contributed by atoms with Crippen LogP contribution in [0, 0.1) is 5.92 Å². The summed E-state index contributed by atoms with van der Waals surface area (Å²) < 4.78 is 4.26. The average Bonchev–Trinajstić information content (AvgIpc) is 2.43. The molecule has 0 aromatic carbocycles. The summed E-state index contributed by atoms with van der Waals surface area (Å²) in [5.41, 5.74) is 5.06. The zero-order valence-corrected chi connectivity index (χ0v) is 13.8. The van der Waals surface area contributed by atoms with Gasteiger partial charge in [0.1, 0.15) is 6.04 Å². The van der Waals surface area contributed by atoms with E-state index in [2.05, 4.69) is 20.7 Å². The lowest BCUT2D eigenvalue weighted by molar-refractivity contribution is -0.120. The normalized spacial score (nSPS) is 11.8. The second-order valence-electron chi connectivity index (χ2n) is 4.57. The Balaban J connectivity index is -0.000000326. The Kier molecular flexibility index (Phi) is 15.7. The molecule has 2 atom stereocenters. The van der Waals surface area contributed by atoms with E-state index in [1.165, 1.54) is 14.2 Å². The molecule has 9 N–H and O–H groups in total. The Hall–Kier alpha value is -2.07. The number of carbonyl (C=O) groups is 3.